The second-order valence-electron chi connectivity index (χ2n) is 6.60. The number of ether oxygens (including phenoxy) is 2. The molecule has 0 bridgehead atoms. The van der Waals surface area contributed by atoms with Crippen LogP contribution in [0.5, 0.6) is 0 Å². The molecule has 1 aliphatic rings. The van der Waals surface area contributed by atoms with Crippen LogP contribution in [-0.4, -0.2) is 18.5 Å². The van der Waals surface area contributed by atoms with Gasteiger partial charge < -0.3 is 9.47 Å². The molecule has 25 heavy (non-hydrogen) atoms. The molecule has 0 aliphatic heterocycles. The zero-order chi connectivity index (χ0) is 17.9. The lowest BCUT2D eigenvalue weighted by molar-refractivity contribution is -0.135. The molecule has 1 aromatic carbocycles. The van der Waals surface area contributed by atoms with Crippen molar-refractivity contribution in [3.05, 3.63) is 47.7 Å². The molecule has 0 atom stereocenters. The second-order valence-corrected chi connectivity index (χ2v) is 6.60. The van der Waals surface area contributed by atoms with Gasteiger partial charge in [0.2, 0.25) is 0 Å². The van der Waals surface area contributed by atoms with Crippen molar-refractivity contribution in [3.63, 3.8) is 0 Å². The highest BCUT2D eigenvalue weighted by Gasteiger charge is 2.18. The molecule has 1 saturated carbocycles. The molecule has 0 aromatic heterocycles. The predicted molar refractivity (Wildman–Crippen MR) is 97.0 cm³/mol. The van der Waals surface area contributed by atoms with E-state index >= 15 is 0 Å². The summed E-state index contributed by atoms with van der Waals surface area (Å²) in [7, 11) is 0. The molecule has 136 valence electrons. The van der Waals surface area contributed by atoms with Crippen LogP contribution >= 0.6 is 0 Å². The third kappa shape index (κ3) is 7.12. The van der Waals surface area contributed by atoms with Crippen molar-refractivity contribution < 1.29 is 19.1 Å². The van der Waals surface area contributed by atoms with Gasteiger partial charge >= 0.3 is 11.9 Å². The molecule has 1 aliphatic carbocycles. The average Bonchev–Trinajstić information content (AvgIpc) is 2.65. The van der Waals surface area contributed by atoms with E-state index in [2.05, 4.69) is 0 Å². The van der Waals surface area contributed by atoms with Crippen molar-refractivity contribution in [2.75, 3.05) is 6.61 Å². The molecule has 2 rings (SSSR count). The summed E-state index contributed by atoms with van der Waals surface area (Å²) in [6.45, 7) is 1.84. The fourth-order valence-corrected chi connectivity index (χ4v) is 3.24. The van der Waals surface area contributed by atoms with E-state index in [1.54, 1.807) is 18.4 Å². The first-order valence-electron chi connectivity index (χ1n) is 9.25. The Bertz CT molecular complexity index is 571. The zero-order valence-corrected chi connectivity index (χ0v) is 15.0. The number of benzene rings is 1. The molecule has 1 aromatic rings. The molecule has 0 saturated heterocycles. The average molecular weight is 344 g/mol. The van der Waals surface area contributed by atoms with E-state index in [0.717, 1.165) is 19.3 Å². The minimum absolute atomic E-state index is 0.273. The van der Waals surface area contributed by atoms with E-state index in [4.69, 9.17) is 9.47 Å². The van der Waals surface area contributed by atoms with Crippen LogP contribution in [0.4, 0.5) is 0 Å². The SMILES string of the molecule is CC(=O)O/C=C(/CCCCOC(=O)c1ccccc1)C1CCCCC1. The molecule has 0 spiro atoms. The first-order chi connectivity index (χ1) is 12.2. The van der Waals surface area contributed by atoms with Gasteiger partial charge in [-0.3, -0.25) is 4.79 Å². The summed E-state index contributed by atoms with van der Waals surface area (Å²) in [6, 6.07) is 9.04. The lowest BCUT2D eigenvalue weighted by atomic mass is 9.82. The number of hydrogen-bond donors (Lipinski definition) is 0. The van der Waals surface area contributed by atoms with Gasteiger partial charge in [-0.05, 0) is 55.7 Å². The Balaban J connectivity index is 1.73. The maximum Gasteiger partial charge on any atom is 0.338 e. The monoisotopic (exact) mass is 344 g/mol. The maximum atomic E-state index is 11.9. The number of esters is 2. The number of carbonyl (C=O) groups excluding carboxylic acids is 2. The standard InChI is InChI=1S/C21H28O4/c1-17(22)25-16-20(18-10-4-2-5-11-18)14-8-9-15-24-21(23)19-12-6-3-7-13-19/h3,6-7,12-13,16,18H,2,4-5,8-11,14-15H2,1H3/b20-16-. The Morgan fingerprint density at radius 3 is 2.48 bits per heavy atom. The molecule has 0 radical (unpaired) electrons. The van der Waals surface area contributed by atoms with Crippen molar-refractivity contribution in [3.8, 4) is 0 Å². The van der Waals surface area contributed by atoms with Gasteiger partial charge in [-0.1, -0.05) is 37.5 Å². The number of hydrogen-bond acceptors (Lipinski definition) is 4. The molecular formula is C21H28O4. The van der Waals surface area contributed by atoms with E-state index in [0.29, 0.717) is 18.1 Å². The van der Waals surface area contributed by atoms with Crippen LogP contribution in [0.15, 0.2) is 42.2 Å². The summed E-state index contributed by atoms with van der Waals surface area (Å²) >= 11 is 0. The predicted octanol–water partition coefficient (Wildman–Crippen LogP) is 5.04. The number of unbranched alkanes of at least 4 members (excludes halogenated alkanes) is 1. The van der Waals surface area contributed by atoms with E-state index in [-0.39, 0.29) is 11.9 Å². The van der Waals surface area contributed by atoms with Crippen LogP contribution in [0.1, 0.15) is 68.6 Å². The number of allylic oxidation sites excluding steroid dienone is 1. The van der Waals surface area contributed by atoms with E-state index in [1.807, 2.05) is 18.2 Å². The van der Waals surface area contributed by atoms with Gasteiger partial charge in [-0.15, -0.1) is 0 Å². The third-order valence-corrected chi connectivity index (χ3v) is 4.61. The van der Waals surface area contributed by atoms with E-state index in [1.165, 1.54) is 44.6 Å². The molecule has 0 heterocycles. The topological polar surface area (TPSA) is 52.6 Å². The summed E-state index contributed by atoms with van der Waals surface area (Å²) < 4.78 is 10.4. The minimum atomic E-state index is -0.274. The summed E-state index contributed by atoms with van der Waals surface area (Å²) in [4.78, 5) is 23.0. The fourth-order valence-electron chi connectivity index (χ4n) is 3.24. The smallest absolute Gasteiger partial charge is 0.338 e. The van der Waals surface area contributed by atoms with Crippen LogP contribution in [0.25, 0.3) is 0 Å². The summed E-state index contributed by atoms with van der Waals surface area (Å²) in [5.74, 6) is -0.0198. The van der Waals surface area contributed by atoms with Gasteiger partial charge in [0.05, 0.1) is 18.4 Å². The Hall–Kier alpha value is -2.10. The largest absolute Gasteiger partial charge is 0.462 e. The van der Waals surface area contributed by atoms with Crippen molar-refractivity contribution in [1.82, 2.24) is 0 Å². The summed E-state index contributed by atoms with van der Waals surface area (Å²) in [5.41, 5.74) is 1.81. The lowest BCUT2D eigenvalue weighted by Gasteiger charge is -2.24. The molecule has 4 heteroatoms. The van der Waals surface area contributed by atoms with E-state index in [9.17, 15) is 9.59 Å². The quantitative estimate of drug-likeness (QED) is 0.376. The fraction of sp³-hybridized carbons (Fsp3) is 0.524. The Labute approximate surface area is 150 Å². The van der Waals surface area contributed by atoms with Crippen LogP contribution in [0.3, 0.4) is 0 Å². The highest BCUT2D eigenvalue weighted by molar-refractivity contribution is 5.89. The summed E-state index contributed by atoms with van der Waals surface area (Å²) in [6.07, 6.45) is 10.4. The van der Waals surface area contributed by atoms with Gasteiger partial charge in [0.15, 0.2) is 0 Å². The normalized spacial score (nSPS) is 15.6. The molecule has 0 unspecified atom stereocenters. The van der Waals surface area contributed by atoms with Crippen LogP contribution in [-0.2, 0) is 14.3 Å². The van der Waals surface area contributed by atoms with Gasteiger partial charge in [-0.2, -0.15) is 0 Å². The first kappa shape index (κ1) is 19.2. The molecule has 0 amide bonds. The van der Waals surface area contributed by atoms with Crippen molar-refractivity contribution in [2.45, 2.75) is 58.3 Å². The van der Waals surface area contributed by atoms with Crippen molar-refractivity contribution >= 4 is 11.9 Å². The molecular weight excluding hydrogens is 316 g/mol. The third-order valence-electron chi connectivity index (χ3n) is 4.61. The van der Waals surface area contributed by atoms with Crippen LogP contribution in [0.2, 0.25) is 0 Å². The molecule has 4 nitrogen and oxygen atoms in total. The number of carbonyl (C=O) groups is 2. The second kappa shape index (κ2) is 10.7. The highest BCUT2D eigenvalue weighted by atomic mass is 16.5. The Morgan fingerprint density at radius 1 is 1.08 bits per heavy atom. The summed E-state index contributed by atoms with van der Waals surface area (Å²) in [5, 5.41) is 0. The van der Waals surface area contributed by atoms with Crippen molar-refractivity contribution in [2.24, 2.45) is 5.92 Å². The van der Waals surface area contributed by atoms with Gasteiger partial charge in [-0.25, -0.2) is 4.79 Å². The Kier molecular flexibility index (Phi) is 8.23. The van der Waals surface area contributed by atoms with Crippen LogP contribution < -0.4 is 0 Å². The molecule has 0 N–H and O–H groups in total. The first-order valence-corrected chi connectivity index (χ1v) is 9.25. The van der Waals surface area contributed by atoms with Gasteiger partial charge in [0.25, 0.3) is 0 Å². The van der Waals surface area contributed by atoms with Gasteiger partial charge in [0, 0.05) is 6.92 Å². The van der Waals surface area contributed by atoms with Gasteiger partial charge in [0.1, 0.15) is 0 Å². The van der Waals surface area contributed by atoms with E-state index < -0.39 is 0 Å². The Morgan fingerprint density at radius 2 is 1.80 bits per heavy atom. The lowest BCUT2D eigenvalue weighted by Crippen LogP contribution is -2.11. The number of rotatable bonds is 8. The molecule has 1 fully saturated rings. The zero-order valence-electron chi connectivity index (χ0n) is 15.0. The highest BCUT2D eigenvalue weighted by Crippen LogP contribution is 2.32. The van der Waals surface area contributed by atoms with Crippen LogP contribution in [0, 0.1) is 5.92 Å². The minimum Gasteiger partial charge on any atom is -0.462 e. The van der Waals surface area contributed by atoms with Crippen molar-refractivity contribution in [1.29, 1.82) is 0 Å². The maximum absolute atomic E-state index is 11.9.